The predicted octanol–water partition coefficient (Wildman–Crippen LogP) is 3.15. The van der Waals surface area contributed by atoms with Gasteiger partial charge in [-0.05, 0) is 32.9 Å². The maximum absolute atomic E-state index is 6.00. The van der Waals surface area contributed by atoms with E-state index < -0.39 is 0 Å². The minimum absolute atomic E-state index is 0.0217. The fourth-order valence-corrected chi connectivity index (χ4v) is 2.27. The Morgan fingerprint density at radius 2 is 1.95 bits per heavy atom. The summed E-state index contributed by atoms with van der Waals surface area (Å²) in [6, 6.07) is 7.73. The summed E-state index contributed by atoms with van der Waals surface area (Å²) in [5, 5.41) is 0. The first kappa shape index (κ1) is 12.1. The molecule has 4 heteroatoms. The lowest BCUT2D eigenvalue weighted by Gasteiger charge is -2.30. The molecule has 1 aromatic heterocycles. The van der Waals surface area contributed by atoms with Gasteiger partial charge in [0.2, 0.25) is 0 Å². The smallest absolute Gasteiger partial charge is 0.190 e. The van der Waals surface area contributed by atoms with Crippen molar-refractivity contribution in [3.63, 3.8) is 0 Å². The minimum Gasteiger partial charge on any atom is -0.485 e. The van der Waals surface area contributed by atoms with E-state index in [0.29, 0.717) is 6.61 Å². The predicted molar refractivity (Wildman–Crippen MR) is 72.5 cm³/mol. The van der Waals surface area contributed by atoms with Crippen molar-refractivity contribution in [3.05, 3.63) is 42.5 Å². The summed E-state index contributed by atoms with van der Waals surface area (Å²) in [6.07, 6.45) is 3.63. The number of aromatic nitrogens is 2. The Labute approximate surface area is 113 Å². The van der Waals surface area contributed by atoms with E-state index in [1.54, 1.807) is 0 Å². The van der Waals surface area contributed by atoms with Gasteiger partial charge in [-0.3, -0.25) is 0 Å². The molecule has 0 aliphatic carbocycles. The van der Waals surface area contributed by atoms with Gasteiger partial charge in [0.15, 0.2) is 23.4 Å². The number of rotatable bonds is 1. The van der Waals surface area contributed by atoms with Crippen LogP contribution >= 0.6 is 0 Å². The Bertz CT molecular complexity index is 584. The van der Waals surface area contributed by atoms with Gasteiger partial charge in [0, 0.05) is 17.9 Å². The van der Waals surface area contributed by atoms with Crippen LogP contribution in [0.5, 0.6) is 11.5 Å². The average molecular weight is 258 g/mol. The molecule has 0 amide bonds. The Morgan fingerprint density at radius 1 is 1.21 bits per heavy atom. The maximum atomic E-state index is 6.00. The summed E-state index contributed by atoms with van der Waals surface area (Å²) < 4.78 is 13.9. The van der Waals surface area contributed by atoms with E-state index in [1.807, 2.05) is 36.7 Å². The molecule has 0 N–H and O–H groups in total. The molecule has 1 aromatic carbocycles. The molecule has 0 spiro atoms. The van der Waals surface area contributed by atoms with Crippen molar-refractivity contribution >= 4 is 0 Å². The van der Waals surface area contributed by atoms with Crippen LogP contribution in [0.4, 0.5) is 0 Å². The molecule has 1 aliphatic rings. The van der Waals surface area contributed by atoms with Crippen LogP contribution in [0.15, 0.2) is 36.7 Å². The van der Waals surface area contributed by atoms with Crippen molar-refractivity contribution in [1.29, 1.82) is 0 Å². The number of benzene rings is 1. The monoisotopic (exact) mass is 258 g/mol. The van der Waals surface area contributed by atoms with E-state index in [2.05, 4.69) is 30.3 Å². The second-order valence-corrected chi connectivity index (χ2v) is 5.69. The molecule has 100 valence electrons. The zero-order chi connectivity index (χ0) is 13.5. The first-order valence-corrected chi connectivity index (χ1v) is 6.48. The third-order valence-electron chi connectivity index (χ3n) is 3.19. The van der Waals surface area contributed by atoms with Gasteiger partial charge in [-0.15, -0.1) is 0 Å². The van der Waals surface area contributed by atoms with Crippen molar-refractivity contribution in [2.24, 2.45) is 0 Å². The highest BCUT2D eigenvalue weighted by Gasteiger charge is 2.28. The number of ether oxygens (including phenoxy) is 2. The van der Waals surface area contributed by atoms with E-state index in [9.17, 15) is 0 Å². The Hall–Kier alpha value is -1.97. The molecule has 1 aliphatic heterocycles. The molecule has 2 heterocycles. The quantitative estimate of drug-likeness (QED) is 0.788. The summed E-state index contributed by atoms with van der Waals surface area (Å²) in [7, 11) is 0. The van der Waals surface area contributed by atoms with Crippen LogP contribution < -0.4 is 9.47 Å². The van der Waals surface area contributed by atoms with Gasteiger partial charge < -0.3 is 14.0 Å². The summed E-state index contributed by atoms with van der Waals surface area (Å²) in [4.78, 5) is 4.44. The van der Waals surface area contributed by atoms with Crippen LogP contribution in [-0.4, -0.2) is 16.2 Å². The van der Waals surface area contributed by atoms with Crippen LogP contribution in [0.25, 0.3) is 0 Å². The number of hydrogen-bond acceptors (Lipinski definition) is 3. The Balaban J connectivity index is 1.92. The van der Waals surface area contributed by atoms with Gasteiger partial charge in [0.05, 0.1) is 0 Å². The van der Waals surface area contributed by atoms with Crippen LogP contribution in [0.3, 0.4) is 0 Å². The lowest BCUT2D eigenvalue weighted by molar-refractivity contribution is 0.0791. The van der Waals surface area contributed by atoms with Crippen molar-refractivity contribution in [2.75, 3.05) is 6.61 Å². The van der Waals surface area contributed by atoms with Crippen LogP contribution in [-0.2, 0) is 5.54 Å². The van der Waals surface area contributed by atoms with Crippen molar-refractivity contribution in [3.8, 4) is 11.5 Å². The number of nitrogens with zero attached hydrogens (tertiary/aromatic N) is 2. The summed E-state index contributed by atoms with van der Waals surface area (Å²) >= 11 is 0. The minimum atomic E-state index is -0.163. The largest absolute Gasteiger partial charge is 0.485 e. The first-order chi connectivity index (χ1) is 9.05. The van der Waals surface area contributed by atoms with E-state index in [1.165, 1.54) is 0 Å². The topological polar surface area (TPSA) is 36.3 Å². The van der Waals surface area contributed by atoms with E-state index in [-0.39, 0.29) is 11.6 Å². The second-order valence-electron chi connectivity index (χ2n) is 5.69. The summed E-state index contributed by atoms with van der Waals surface area (Å²) in [6.45, 7) is 6.94. The molecular formula is C15H18N2O2. The average Bonchev–Trinajstić information content (AvgIpc) is 2.87. The highest BCUT2D eigenvalue weighted by atomic mass is 16.6. The number of hydrogen-bond donors (Lipinski definition) is 0. The second kappa shape index (κ2) is 4.30. The zero-order valence-electron chi connectivity index (χ0n) is 11.5. The Morgan fingerprint density at radius 3 is 2.68 bits per heavy atom. The first-order valence-electron chi connectivity index (χ1n) is 6.48. The number of imidazole rings is 1. The lowest BCUT2D eigenvalue weighted by atomic mass is 10.1. The molecule has 3 rings (SSSR count). The fraction of sp³-hybridized carbons (Fsp3) is 0.400. The van der Waals surface area contributed by atoms with Gasteiger partial charge in [0.1, 0.15) is 6.61 Å². The van der Waals surface area contributed by atoms with E-state index in [4.69, 9.17) is 9.47 Å². The molecule has 0 saturated heterocycles. The maximum Gasteiger partial charge on any atom is 0.190 e. The van der Waals surface area contributed by atoms with Crippen molar-refractivity contribution in [1.82, 2.24) is 9.55 Å². The number of fused-ring (bicyclic) bond motifs is 1. The standard InChI is InChI=1S/C15H18N2O2/c1-15(2,3)17-9-8-16-14(17)13-10-18-11-6-4-5-7-12(11)19-13/h4-9,13H,10H2,1-3H3. The third kappa shape index (κ3) is 2.18. The summed E-state index contributed by atoms with van der Waals surface area (Å²) in [5.41, 5.74) is -0.0217. The molecule has 19 heavy (non-hydrogen) atoms. The molecule has 0 saturated carbocycles. The molecule has 0 fully saturated rings. The van der Waals surface area contributed by atoms with E-state index in [0.717, 1.165) is 17.3 Å². The highest BCUT2D eigenvalue weighted by Crippen LogP contribution is 2.36. The van der Waals surface area contributed by atoms with Gasteiger partial charge in [-0.2, -0.15) is 0 Å². The van der Waals surface area contributed by atoms with Crippen LogP contribution in [0.1, 0.15) is 32.7 Å². The SMILES string of the molecule is CC(C)(C)n1ccnc1C1COc2ccccc2O1. The molecule has 0 bridgehead atoms. The van der Waals surface area contributed by atoms with E-state index >= 15 is 0 Å². The third-order valence-corrected chi connectivity index (χ3v) is 3.19. The molecule has 2 aromatic rings. The van der Waals surface area contributed by atoms with Gasteiger partial charge >= 0.3 is 0 Å². The molecule has 0 radical (unpaired) electrons. The van der Waals surface area contributed by atoms with Crippen molar-refractivity contribution < 1.29 is 9.47 Å². The van der Waals surface area contributed by atoms with Crippen molar-refractivity contribution in [2.45, 2.75) is 32.4 Å². The van der Waals surface area contributed by atoms with Gasteiger partial charge in [0.25, 0.3) is 0 Å². The summed E-state index contributed by atoms with van der Waals surface area (Å²) in [5.74, 6) is 2.48. The van der Waals surface area contributed by atoms with Gasteiger partial charge in [-0.1, -0.05) is 12.1 Å². The molecule has 1 unspecified atom stereocenters. The van der Waals surface area contributed by atoms with Crippen LogP contribution in [0, 0.1) is 0 Å². The zero-order valence-corrected chi connectivity index (χ0v) is 11.5. The van der Waals surface area contributed by atoms with Gasteiger partial charge in [-0.25, -0.2) is 4.98 Å². The molecule has 1 atom stereocenters. The number of para-hydroxylation sites is 2. The normalized spacial score (nSPS) is 18.4. The molecular weight excluding hydrogens is 240 g/mol. The highest BCUT2D eigenvalue weighted by molar-refractivity contribution is 5.41. The van der Waals surface area contributed by atoms with Crippen LogP contribution in [0.2, 0.25) is 0 Å². The lowest BCUT2D eigenvalue weighted by Crippen LogP contribution is -2.30. The molecule has 4 nitrogen and oxygen atoms in total. The fourth-order valence-electron chi connectivity index (χ4n) is 2.27. The Kier molecular flexibility index (Phi) is 2.73.